The van der Waals surface area contributed by atoms with Gasteiger partial charge in [0.15, 0.2) is 0 Å². The standard InChI is InChI=1S/C36H21N4/c1-2-11-22(12-3-1)39-28-17-9-6-14-24(28)31-29(39)18-19-30-33(31)32-23-13-5-4-10-21(23)20-25-34-36(40(30)35(25)32)38-27-16-8-7-15-26(27)37-34/h1-20,36H/q-1. The predicted octanol–water partition coefficient (Wildman–Crippen LogP) is 9.70. The molecule has 0 saturated carbocycles. The van der Waals surface area contributed by atoms with Crippen LogP contribution < -0.4 is 0 Å². The second-order valence-corrected chi connectivity index (χ2v) is 10.8. The normalized spacial score (nSPS) is 15.6. The minimum atomic E-state index is -0.179. The molecule has 4 nitrogen and oxygen atoms in total. The Labute approximate surface area is 229 Å². The lowest BCUT2D eigenvalue weighted by Crippen LogP contribution is -2.14. The summed E-state index contributed by atoms with van der Waals surface area (Å²) in [5.41, 5.74) is 10.2. The molecule has 0 fully saturated rings. The second-order valence-electron chi connectivity index (χ2n) is 10.8. The topological polar surface area (TPSA) is 36.3 Å². The lowest BCUT2D eigenvalue weighted by molar-refractivity contribution is 0.814. The van der Waals surface area contributed by atoms with Crippen molar-refractivity contribution in [3.63, 3.8) is 0 Å². The van der Waals surface area contributed by atoms with Crippen LogP contribution in [0.2, 0.25) is 0 Å². The summed E-state index contributed by atoms with van der Waals surface area (Å²) in [7, 11) is 0. The zero-order chi connectivity index (χ0) is 25.9. The molecule has 0 saturated heterocycles. The minimum Gasteiger partial charge on any atom is -0.658 e. The molecule has 0 radical (unpaired) electrons. The Morgan fingerprint density at radius 1 is 0.600 bits per heavy atom. The van der Waals surface area contributed by atoms with Gasteiger partial charge in [0.2, 0.25) is 0 Å². The molecule has 186 valence electrons. The molecule has 8 aromatic rings. The number of rotatable bonds is 1. The zero-order valence-electron chi connectivity index (χ0n) is 21.4. The average Bonchev–Trinajstić information content (AvgIpc) is 3.64. The Morgan fingerprint density at radius 3 is 2.27 bits per heavy atom. The number of fused-ring (bicyclic) bond motifs is 13. The van der Waals surface area contributed by atoms with E-state index >= 15 is 0 Å². The molecule has 1 unspecified atom stereocenters. The fourth-order valence-electron chi connectivity index (χ4n) is 7.20. The van der Waals surface area contributed by atoms with Gasteiger partial charge in [-0.1, -0.05) is 78.9 Å². The molecule has 0 amide bonds. The molecule has 4 heterocycles. The van der Waals surface area contributed by atoms with Crippen LogP contribution in [-0.4, -0.2) is 14.8 Å². The molecule has 2 aliphatic heterocycles. The third-order valence-electron chi connectivity index (χ3n) is 8.75. The fraction of sp³-hybridized carbons (Fsp3) is 0.0278. The smallest absolute Gasteiger partial charge is 0.0582 e. The molecule has 0 spiro atoms. The Morgan fingerprint density at radius 2 is 1.35 bits per heavy atom. The van der Waals surface area contributed by atoms with Gasteiger partial charge in [-0.05, 0) is 53.2 Å². The van der Waals surface area contributed by atoms with Gasteiger partial charge in [0.1, 0.15) is 0 Å². The summed E-state index contributed by atoms with van der Waals surface area (Å²) >= 11 is 0. The Balaban J connectivity index is 1.45. The summed E-state index contributed by atoms with van der Waals surface area (Å²) < 4.78 is 4.84. The maximum Gasteiger partial charge on any atom is 0.0582 e. The highest BCUT2D eigenvalue weighted by atomic mass is 15.2. The van der Waals surface area contributed by atoms with Crippen molar-refractivity contribution in [2.75, 3.05) is 0 Å². The summed E-state index contributed by atoms with van der Waals surface area (Å²) in [6, 6.07) is 43.4. The summed E-state index contributed by atoms with van der Waals surface area (Å²) in [5, 5.41) is 12.9. The van der Waals surface area contributed by atoms with Crippen molar-refractivity contribution in [3.8, 4) is 5.69 Å². The van der Waals surface area contributed by atoms with Crippen LogP contribution in [0.3, 0.4) is 0 Å². The number of aliphatic imine (C=N–C) groups is 1. The molecule has 1 atom stereocenters. The van der Waals surface area contributed by atoms with Crippen LogP contribution in [0, 0.1) is 0 Å². The first-order valence-electron chi connectivity index (χ1n) is 13.7. The Hall–Kier alpha value is -5.35. The van der Waals surface area contributed by atoms with Crippen molar-refractivity contribution < 1.29 is 0 Å². The van der Waals surface area contributed by atoms with E-state index in [2.05, 4.69) is 118 Å². The molecule has 0 bridgehead atoms. The molecular weight excluding hydrogens is 488 g/mol. The van der Waals surface area contributed by atoms with Crippen molar-refractivity contribution in [2.24, 2.45) is 4.99 Å². The first-order chi connectivity index (χ1) is 19.9. The van der Waals surface area contributed by atoms with Crippen molar-refractivity contribution in [3.05, 3.63) is 132 Å². The molecular formula is C36H21N4-. The maximum atomic E-state index is 5.28. The number of hydrogen-bond donors (Lipinski definition) is 0. The fourth-order valence-corrected chi connectivity index (χ4v) is 7.20. The lowest BCUT2D eigenvalue weighted by Gasteiger charge is -2.37. The van der Waals surface area contributed by atoms with Gasteiger partial charge in [-0.25, -0.2) is 0 Å². The summed E-state index contributed by atoms with van der Waals surface area (Å²) in [6.45, 7) is 0. The largest absolute Gasteiger partial charge is 0.658 e. The van der Waals surface area contributed by atoms with Crippen LogP contribution in [0.1, 0.15) is 11.7 Å². The van der Waals surface area contributed by atoms with Crippen molar-refractivity contribution in [1.82, 2.24) is 9.13 Å². The van der Waals surface area contributed by atoms with Crippen LogP contribution in [0.25, 0.3) is 65.4 Å². The molecule has 2 aromatic heterocycles. The monoisotopic (exact) mass is 509 g/mol. The van der Waals surface area contributed by atoms with Crippen LogP contribution >= 0.6 is 0 Å². The van der Waals surface area contributed by atoms with Gasteiger partial charge in [-0.3, -0.25) is 4.99 Å². The number of benzene rings is 6. The molecule has 40 heavy (non-hydrogen) atoms. The van der Waals surface area contributed by atoms with Gasteiger partial charge < -0.3 is 14.5 Å². The van der Waals surface area contributed by atoms with Gasteiger partial charge in [0.25, 0.3) is 0 Å². The van der Waals surface area contributed by atoms with Crippen molar-refractivity contribution in [2.45, 2.75) is 6.17 Å². The van der Waals surface area contributed by atoms with Crippen LogP contribution in [0.15, 0.2) is 126 Å². The maximum absolute atomic E-state index is 5.28. The SMILES string of the molecule is c1ccc(-n2c3ccccc3c3c4c5c6ccccc6cc6c5n(c4ccc32)C2[N-]c3ccccc3N=C62)cc1. The highest BCUT2D eigenvalue weighted by Crippen LogP contribution is 2.53. The van der Waals surface area contributed by atoms with E-state index in [1.165, 1.54) is 65.6 Å². The molecule has 10 rings (SSSR count). The lowest BCUT2D eigenvalue weighted by atomic mass is 9.96. The third kappa shape index (κ3) is 2.40. The Kier molecular flexibility index (Phi) is 3.70. The van der Waals surface area contributed by atoms with Crippen LogP contribution in [0.4, 0.5) is 11.4 Å². The van der Waals surface area contributed by atoms with Gasteiger partial charge in [-0.2, -0.15) is 0 Å². The van der Waals surface area contributed by atoms with Gasteiger partial charge >= 0.3 is 0 Å². The minimum absolute atomic E-state index is 0.179. The number of nitrogens with zero attached hydrogens (tertiary/aromatic N) is 4. The van der Waals surface area contributed by atoms with Crippen LogP contribution in [-0.2, 0) is 0 Å². The van der Waals surface area contributed by atoms with Gasteiger partial charge in [0, 0.05) is 50.2 Å². The molecule has 2 aliphatic rings. The van der Waals surface area contributed by atoms with E-state index in [9.17, 15) is 0 Å². The highest BCUT2D eigenvalue weighted by Gasteiger charge is 2.32. The quantitative estimate of drug-likeness (QED) is 0.211. The number of aromatic nitrogens is 2. The van der Waals surface area contributed by atoms with E-state index in [0.29, 0.717) is 0 Å². The van der Waals surface area contributed by atoms with E-state index in [0.717, 1.165) is 17.1 Å². The Bertz CT molecular complexity index is 2410. The molecule has 4 heteroatoms. The first kappa shape index (κ1) is 20.6. The van der Waals surface area contributed by atoms with Gasteiger partial charge in [0.05, 0.1) is 22.3 Å². The highest BCUT2D eigenvalue weighted by molar-refractivity contribution is 6.37. The summed E-state index contributed by atoms with van der Waals surface area (Å²) in [4.78, 5) is 5.19. The summed E-state index contributed by atoms with van der Waals surface area (Å²) in [6.07, 6.45) is -0.179. The van der Waals surface area contributed by atoms with Crippen molar-refractivity contribution in [1.29, 1.82) is 0 Å². The number of para-hydroxylation sites is 4. The molecule has 6 aromatic carbocycles. The van der Waals surface area contributed by atoms with Gasteiger partial charge in [-0.15, -0.1) is 5.69 Å². The number of hydrogen-bond acceptors (Lipinski definition) is 1. The molecule has 0 N–H and O–H groups in total. The summed E-state index contributed by atoms with van der Waals surface area (Å²) in [5.74, 6) is 0. The van der Waals surface area contributed by atoms with Crippen LogP contribution in [0.5, 0.6) is 0 Å². The predicted molar refractivity (Wildman–Crippen MR) is 166 cm³/mol. The molecule has 0 aliphatic carbocycles. The third-order valence-corrected chi connectivity index (χ3v) is 8.75. The van der Waals surface area contributed by atoms with E-state index in [1.54, 1.807) is 0 Å². The first-order valence-corrected chi connectivity index (χ1v) is 13.7. The average molecular weight is 510 g/mol. The van der Waals surface area contributed by atoms with Crippen molar-refractivity contribution >= 4 is 71.5 Å². The van der Waals surface area contributed by atoms with E-state index in [-0.39, 0.29) is 6.17 Å². The van der Waals surface area contributed by atoms with E-state index in [4.69, 9.17) is 10.3 Å². The van der Waals surface area contributed by atoms with E-state index in [1.807, 2.05) is 12.1 Å². The van der Waals surface area contributed by atoms with E-state index < -0.39 is 0 Å². The second kappa shape index (κ2) is 7.19. The zero-order valence-corrected chi connectivity index (χ0v) is 21.4.